The Balaban J connectivity index is 0.00000392. The molecule has 0 aromatic heterocycles. The highest BCUT2D eigenvalue weighted by Gasteiger charge is 2.26. The van der Waals surface area contributed by atoms with Crippen molar-refractivity contribution in [1.82, 2.24) is 20.0 Å². The third-order valence-electron chi connectivity index (χ3n) is 5.12. The minimum Gasteiger partial charge on any atom is -0.450 e. The minimum absolute atomic E-state index is 0. The van der Waals surface area contributed by atoms with Gasteiger partial charge in [-0.25, -0.2) is 4.79 Å². The van der Waals surface area contributed by atoms with Crippen LogP contribution in [0, 0.1) is 5.92 Å². The Morgan fingerprint density at radius 2 is 1.71 bits per heavy atom. The fourth-order valence-electron chi connectivity index (χ4n) is 3.71. The summed E-state index contributed by atoms with van der Waals surface area (Å²) in [5.74, 6) is 1.57. The van der Waals surface area contributed by atoms with Gasteiger partial charge in [-0.2, -0.15) is 0 Å². The van der Waals surface area contributed by atoms with Crippen LogP contribution in [0.4, 0.5) is 4.79 Å². The molecule has 2 aliphatic rings. The Bertz CT molecular complexity index is 478. The van der Waals surface area contributed by atoms with Crippen molar-refractivity contribution < 1.29 is 14.3 Å². The quantitative estimate of drug-likeness (QED) is 0.333. The molecule has 2 saturated heterocycles. The van der Waals surface area contributed by atoms with Crippen LogP contribution in [0.3, 0.4) is 0 Å². The molecule has 0 bridgehead atoms. The smallest absolute Gasteiger partial charge is 0.409 e. The summed E-state index contributed by atoms with van der Waals surface area (Å²) in [7, 11) is 1.83. The van der Waals surface area contributed by atoms with E-state index < -0.39 is 0 Å². The topological polar surface area (TPSA) is 69.6 Å². The summed E-state index contributed by atoms with van der Waals surface area (Å²) in [6, 6.07) is 0.478. The van der Waals surface area contributed by atoms with E-state index in [9.17, 15) is 4.79 Å². The summed E-state index contributed by atoms with van der Waals surface area (Å²) in [6.45, 7) is 14.2. The van der Waals surface area contributed by atoms with Crippen LogP contribution in [0.5, 0.6) is 0 Å². The van der Waals surface area contributed by atoms with Crippen molar-refractivity contribution in [1.29, 1.82) is 0 Å². The number of nitrogens with zero attached hydrogens (tertiary/aromatic N) is 4. The van der Waals surface area contributed by atoms with Crippen LogP contribution in [0.2, 0.25) is 0 Å². The molecule has 0 aromatic rings. The highest BCUT2D eigenvalue weighted by molar-refractivity contribution is 14.0. The molecule has 0 aromatic carbocycles. The lowest BCUT2D eigenvalue weighted by molar-refractivity contribution is 0.0131. The summed E-state index contributed by atoms with van der Waals surface area (Å²) in [6.07, 6.45) is 0.935. The van der Waals surface area contributed by atoms with Crippen molar-refractivity contribution in [3.63, 3.8) is 0 Å². The molecule has 0 spiro atoms. The molecule has 28 heavy (non-hydrogen) atoms. The molecule has 8 nitrogen and oxygen atoms in total. The predicted molar refractivity (Wildman–Crippen MR) is 123 cm³/mol. The van der Waals surface area contributed by atoms with Crippen LogP contribution in [0.15, 0.2) is 4.99 Å². The number of rotatable bonds is 6. The maximum atomic E-state index is 11.9. The molecule has 2 rings (SSSR count). The van der Waals surface area contributed by atoms with E-state index >= 15 is 0 Å². The second kappa shape index (κ2) is 13.4. The third-order valence-corrected chi connectivity index (χ3v) is 5.12. The molecule has 1 N–H and O–H groups in total. The van der Waals surface area contributed by atoms with Crippen LogP contribution < -0.4 is 5.32 Å². The molecule has 2 heterocycles. The summed E-state index contributed by atoms with van der Waals surface area (Å²) < 4.78 is 10.6. The first kappa shape index (κ1) is 25.2. The monoisotopic (exact) mass is 511 g/mol. The van der Waals surface area contributed by atoms with Crippen molar-refractivity contribution in [3.8, 4) is 0 Å². The zero-order chi connectivity index (χ0) is 19.6. The molecule has 2 aliphatic heterocycles. The number of aliphatic imine (C=N–C) groups is 1. The van der Waals surface area contributed by atoms with Crippen molar-refractivity contribution in [2.45, 2.75) is 33.2 Å². The van der Waals surface area contributed by atoms with E-state index in [4.69, 9.17) is 9.47 Å². The van der Waals surface area contributed by atoms with Crippen LogP contribution in [0.25, 0.3) is 0 Å². The number of piperazine rings is 1. The van der Waals surface area contributed by atoms with E-state index in [0.29, 0.717) is 31.7 Å². The number of halogens is 1. The Labute approximate surface area is 187 Å². The van der Waals surface area contributed by atoms with Crippen LogP contribution >= 0.6 is 24.0 Å². The largest absolute Gasteiger partial charge is 0.450 e. The summed E-state index contributed by atoms with van der Waals surface area (Å²) in [4.78, 5) is 22.8. The molecule has 1 amide bonds. The van der Waals surface area contributed by atoms with Crippen molar-refractivity contribution in [2.24, 2.45) is 10.9 Å². The summed E-state index contributed by atoms with van der Waals surface area (Å²) in [5, 5.41) is 3.57. The number of carbonyl (C=O) groups is 1. The number of ether oxygens (including phenoxy) is 2. The Hall–Kier alpha value is -0.810. The van der Waals surface area contributed by atoms with Gasteiger partial charge in [-0.05, 0) is 19.3 Å². The van der Waals surface area contributed by atoms with Gasteiger partial charge in [0.1, 0.15) is 0 Å². The highest BCUT2D eigenvalue weighted by Crippen LogP contribution is 2.13. The Kier molecular flexibility index (Phi) is 12.1. The van der Waals surface area contributed by atoms with Crippen LogP contribution in [-0.2, 0) is 9.47 Å². The van der Waals surface area contributed by atoms with Crippen molar-refractivity contribution in [2.75, 3.05) is 72.7 Å². The van der Waals surface area contributed by atoms with Gasteiger partial charge in [-0.15, -0.1) is 24.0 Å². The lowest BCUT2D eigenvalue weighted by Crippen LogP contribution is -2.56. The number of guanidine groups is 1. The van der Waals surface area contributed by atoms with Gasteiger partial charge in [0.15, 0.2) is 5.96 Å². The van der Waals surface area contributed by atoms with E-state index in [1.165, 1.54) is 0 Å². The van der Waals surface area contributed by atoms with Gasteiger partial charge in [0.2, 0.25) is 0 Å². The highest BCUT2D eigenvalue weighted by atomic mass is 127. The molecule has 164 valence electrons. The lowest BCUT2D eigenvalue weighted by atomic mass is 10.0. The third kappa shape index (κ3) is 7.90. The van der Waals surface area contributed by atoms with Gasteiger partial charge in [-0.3, -0.25) is 9.89 Å². The first-order valence-electron chi connectivity index (χ1n) is 10.2. The van der Waals surface area contributed by atoms with Gasteiger partial charge in [0, 0.05) is 58.9 Å². The molecule has 0 aliphatic carbocycles. The van der Waals surface area contributed by atoms with E-state index in [-0.39, 0.29) is 30.1 Å². The minimum atomic E-state index is -0.218. The van der Waals surface area contributed by atoms with Gasteiger partial charge < -0.3 is 24.6 Å². The van der Waals surface area contributed by atoms with Gasteiger partial charge in [-0.1, -0.05) is 13.8 Å². The molecule has 0 saturated carbocycles. The van der Waals surface area contributed by atoms with Crippen molar-refractivity contribution >= 4 is 36.0 Å². The predicted octanol–water partition coefficient (Wildman–Crippen LogP) is 1.70. The van der Waals surface area contributed by atoms with E-state index in [1.807, 2.05) is 14.0 Å². The van der Waals surface area contributed by atoms with Crippen LogP contribution in [0.1, 0.15) is 27.2 Å². The second-order valence-corrected chi connectivity index (χ2v) is 7.53. The van der Waals surface area contributed by atoms with E-state index in [1.54, 1.807) is 4.90 Å². The fourth-order valence-corrected chi connectivity index (χ4v) is 3.71. The number of carbonyl (C=O) groups excluding carboxylic acids is 1. The average molecular weight is 511 g/mol. The zero-order valence-corrected chi connectivity index (χ0v) is 20.2. The number of morpholine rings is 1. The van der Waals surface area contributed by atoms with Crippen LogP contribution in [-0.4, -0.2) is 105 Å². The van der Waals surface area contributed by atoms with E-state index in [0.717, 1.165) is 58.3 Å². The summed E-state index contributed by atoms with van der Waals surface area (Å²) >= 11 is 0. The normalized spacial score (nSPS) is 20.0. The Morgan fingerprint density at radius 1 is 1.11 bits per heavy atom. The number of hydrogen-bond donors (Lipinski definition) is 1. The molecule has 0 radical (unpaired) electrons. The maximum absolute atomic E-state index is 11.9. The molecule has 1 atom stereocenters. The molecule has 2 fully saturated rings. The second-order valence-electron chi connectivity index (χ2n) is 7.53. The SMILES string of the molecule is CCOC(=O)N1CCN(C(=NC)NCC(CC(C)C)N2CCOCC2)CC1.I. The molecule has 1 unspecified atom stereocenters. The van der Waals surface area contributed by atoms with Crippen molar-refractivity contribution in [3.05, 3.63) is 0 Å². The first-order valence-corrected chi connectivity index (χ1v) is 10.2. The van der Waals surface area contributed by atoms with Gasteiger partial charge >= 0.3 is 6.09 Å². The molecule has 9 heteroatoms. The molecular formula is C19H38IN5O3. The standard InChI is InChI=1S/C19H37N5O3.HI/c1-5-27-19(25)24-8-6-23(7-9-24)18(20-4)21-15-17(14-16(2)3)22-10-12-26-13-11-22;/h16-17H,5-15H2,1-4H3,(H,20,21);1H. The first-order chi connectivity index (χ1) is 13.0. The summed E-state index contributed by atoms with van der Waals surface area (Å²) in [5.41, 5.74) is 0. The zero-order valence-electron chi connectivity index (χ0n) is 17.9. The molecular weight excluding hydrogens is 473 g/mol. The Morgan fingerprint density at radius 3 is 2.25 bits per heavy atom. The average Bonchev–Trinajstić information content (AvgIpc) is 2.68. The van der Waals surface area contributed by atoms with E-state index in [2.05, 4.69) is 34.0 Å². The number of amides is 1. The fraction of sp³-hybridized carbons (Fsp3) is 0.895. The lowest BCUT2D eigenvalue weighted by Gasteiger charge is -2.38. The number of nitrogens with one attached hydrogen (secondary N) is 1. The number of hydrogen-bond acceptors (Lipinski definition) is 5. The van der Waals surface area contributed by atoms with Gasteiger partial charge in [0.05, 0.1) is 19.8 Å². The maximum Gasteiger partial charge on any atom is 0.409 e. The van der Waals surface area contributed by atoms with Gasteiger partial charge in [0.25, 0.3) is 0 Å².